The highest BCUT2D eigenvalue weighted by Crippen LogP contribution is 2.13. The lowest BCUT2D eigenvalue weighted by atomic mass is 10.1. The van der Waals surface area contributed by atoms with Crippen LogP contribution < -0.4 is 5.32 Å². The second-order valence-corrected chi connectivity index (χ2v) is 5.32. The maximum absolute atomic E-state index is 5.97. The minimum absolute atomic E-state index is 0.287. The van der Waals surface area contributed by atoms with Crippen molar-refractivity contribution in [3.8, 4) is 0 Å². The Bertz CT molecular complexity index is 266. The number of hydrogen-bond donors (Lipinski definition) is 1. The molecule has 0 aliphatic carbocycles. The zero-order valence-electron chi connectivity index (χ0n) is 9.79. The van der Waals surface area contributed by atoms with Crippen molar-refractivity contribution >= 4 is 23.4 Å². The number of nitrogens with one attached hydrogen (secondary N) is 1. The van der Waals surface area contributed by atoms with Crippen molar-refractivity contribution in [1.29, 1.82) is 0 Å². The zero-order chi connectivity index (χ0) is 11.6. The summed E-state index contributed by atoms with van der Waals surface area (Å²) in [5.41, 5.74) is 1.28. The van der Waals surface area contributed by atoms with Crippen LogP contribution in [0.25, 0.3) is 0 Å². The Kier molecular flexibility index (Phi) is 7.73. The average Bonchev–Trinajstić information content (AvgIpc) is 2.35. The van der Waals surface area contributed by atoms with Crippen LogP contribution in [0.15, 0.2) is 30.3 Å². The fraction of sp³-hybridized carbons (Fsp3) is 0.538. The molecule has 0 bridgehead atoms. The van der Waals surface area contributed by atoms with Crippen molar-refractivity contribution < 1.29 is 0 Å². The predicted molar refractivity (Wildman–Crippen MR) is 75.5 cm³/mol. The fourth-order valence-corrected chi connectivity index (χ4v) is 2.47. The van der Waals surface area contributed by atoms with E-state index in [-0.39, 0.29) is 6.04 Å². The molecule has 1 nitrogen and oxygen atoms in total. The van der Waals surface area contributed by atoms with Gasteiger partial charge in [0.1, 0.15) is 0 Å². The van der Waals surface area contributed by atoms with Gasteiger partial charge in [0.05, 0.1) is 0 Å². The Morgan fingerprint density at radius 2 is 2.06 bits per heavy atom. The van der Waals surface area contributed by atoms with Gasteiger partial charge in [-0.2, -0.15) is 11.8 Å². The molecule has 1 aromatic rings. The smallest absolute Gasteiger partial charge is 0.0457 e. The van der Waals surface area contributed by atoms with E-state index in [4.69, 9.17) is 11.6 Å². The molecule has 0 saturated heterocycles. The molecule has 0 amide bonds. The highest BCUT2D eigenvalue weighted by molar-refractivity contribution is 7.99. The van der Waals surface area contributed by atoms with Crippen molar-refractivity contribution in [3.63, 3.8) is 0 Å². The van der Waals surface area contributed by atoms with Gasteiger partial charge in [0.15, 0.2) is 0 Å². The standard InChI is InChI=1S/C13H20ClNS/c1-2-16-10-6-9-15-13(11-14)12-7-4-3-5-8-12/h3-5,7-8,13,15H,2,6,9-11H2,1H3. The summed E-state index contributed by atoms with van der Waals surface area (Å²) in [4.78, 5) is 0. The van der Waals surface area contributed by atoms with Crippen LogP contribution in [0, 0.1) is 0 Å². The summed E-state index contributed by atoms with van der Waals surface area (Å²) in [7, 11) is 0. The van der Waals surface area contributed by atoms with E-state index in [2.05, 4.69) is 36.5 Å². The molecule has 0 heterocycles. The first kappa shape index (κ1) is 13.9. The Morgan fingerprint density at radius 3 is 2.69 bits per heavy atom. The number of benzene rings is 1. The quantitative estimate of drug-likeness (QED) is 0.563. The molecule has 1 unspecified atom stereocenters. The third-order valence-corrected chi connectivity index (χ3v) is 3.71. The molecular formula is C13H20ClNS. The molecule has 0 spiro atoms. The zero-order valence-corrected chi connectivity index (χ0v) is 11.4. The molecular weight excluding hydrogens is 238 g/mol. The summed E-state index contributed by atoms with van der Waals surface area (Å²) in [6.07, 6.45) is 1.21. The van der Waals surface area contributed by atoms with Crippen LogP contribution in [0.5, 0.6) is 0 Å². The van der Waals surface area contributed by atoms with Crippen molar-refractivity contribution in [2.24, 2.45) is 0 Å². The van der Waals surface area contributed by atoms with Crippen LogP contribution in [0.3, 0.4) is 0 Å². The van der Waals surface area contributed by atoms with Crippen molar-refractivity contribution in [2.75, 3.05) is 23.9 Å². The van der Waals surface area contributed by atoms with Crippen molar-refractivity contribution in [2.45, 2.75) is 19.4 Å². The lowest BCUT2D eigenvalue weighted by Gasteiger charge is -2.16. The minimum atomic E-state index is 0.287. The van der Waals surface area contributed by atoms with Gasteiger partial charge in [0, 0.05) is 11.9 Å². The van der Waals surface area contributed by atoms with Crippen LogP contribution in [0.2, 0.25) is 0 Å². The number of hydrogen-bond acceptors (Lipinski definition) is 2. The third kappa shape index (κ3) is 5.24. The summed E-state index contributed by atoms with van der Waals surface area (Å²) in [6, 6.07) is 10.7. The second-order valence-electron chi connectivity index (χ2n) is 3.62. The molecule has 0 aliphatic heterocycles. The molecule has 90 valence electrons. The van der Waals surface area contributed by atoms with E-state index < -0.39 is 0 Å². The van der Waals surface area contributed by atoms with E-state index in [0.717, 1.165) is 6.54 Å². The number of alkyl halides is 1. The Labute approximate surface area is 108 Å². The molecule has 1 N–H and O–H groups in total. The van der Waals surface area contributed by atoms with E-state index in [1.807, 2.05) is 17.8 Å². The highest BCUT2D eigenvalue weighted by Gasteiger charge is 2.07. The molecule has 1 rings (SSSR count). The van der Waals surface area contributed by atoms with Gasteiger partial charge in [0.2, 0.25) is 0 Å². The van der Waals surface area contributed by atoms with Crippen LogP contribution in [0.1, 0.15) is 24.9 Å². The van der Waals surface area contributed by atoms with Gasteiger partial charge in [-0.15, -0.1) is 11.6 Å². The first-order chi connectivity index (χ1) is 7.88. The van der Waals surface area contributed by atoms with E-state index in [9.17, 15) is 0 Å². The van der Waals surface area contributed by atoms with Crippen LogP contribution >= 0.6 is 23.4 Å². The monoisotopic (exact) mass is 257 g/mol. The number of thioether (sulfide) groups is 1. The number of halogens is 1. The lowest BCUT2D eigenvalue weighted by molar-refractivity contribution is 0.577. The molecule has 0 radical (unpaired) electrons. The van der Waals surface area contributed by atoms with Gasteiger partial charge in [-0.3, -0.25) is 0 Å². The van der Waals surface area contributed by atoms with Crippen LogP contribution in [0.4, 0.5) is 0 Å². The first-order valence-corrected chi connectivity index (χ1v) is 7.49. The SMILES string of the molecule is CCSCCCNC(CCl)c1ccccc1. The van der Waals surface area contributed by atoms with E-state index in [0.29, 0.717) is 5.88 Å². The number of rotatable bonds is 8. The topological polar surface area (TPSA) is 12.0 Å². The molecule has 16 heavy (non-hydrogen) atoms. The van der Waals surface area contributed by atoms with Gasteiger partial charge in [0.25, 0.3) is 0 Å². The van der Waals surface area contributed by atoms with Gasteiger partial charge in [-0.25, -0.2) is 0 Å². The van der Waals surface area contributed by atoms with Crippen LogP contribution in [-0.2, 0) is 0 Å². The lowest BCUT2D eigenvalue weighted by Crippen LogP contribution is -2.24. The Hall–Kier alpha value is -0.180. The van der Waals surface area contributed by atoms with E-state index in [1.165, 1.54) is 23.5 Å². The molecule has 0 aliphatic rings. The van der Waals surface area contributed by atoms with Gasteiger partial charge < -0.3 is 5.32 Å². The summed E-state index contributed by atoms with van der Waals surface area (Å²) >= 11 is 7.96. The van der Waals surface area contributed by atoms with Crippen LogP contribution in [-0.4, -0.2) is 23.9 Å². The highest BCUT2D eigenvalue weighted by atomic mass is 35.5. The summed E-state index contributed by atoms with van der Waals surface area (Å²) < 4.78 is 0. The predicted octanol–water partition coefficient (Wildman–Crippen LogP) is 3.70. The third-order valence-electron chi connectivity index (χ3n) is 2.42. The van der Waals surface area contributed by atoms with Gasteiger partial charge in [-0.05, 0) is 30.0 Å². The molecule has 0 fully saturated rings. The van der Waals surface area contributed by atoms with E-state index >= 15 is 0 Å². The molecule has 0 aromatic heterocycles. The maximum atomic E-state index is 5.97. The Balaban J connectivity index is 2.27. The van der Waals surface area contributed by atoms with Gasteiger partial charge >= 0.3 is 0 Å². The summed E-state index contributed by atoms with van der Waals surface area (Å²) in [5, 5.41) is 3.50. The molecule has 1 aromatic carbocycles. The molecule has 1 atom stereocenters. The fourth-order valence-electron chi connectivity index (χ4n) is 1.54. The maximum Gasteiger partial charge on any atom is 0.0457 e. The van der Waals surface area contributed by atoms with Crippen molar-refractivity contribution in [1.82, 2.24) is 5.32 Å². The normalized spacial score (nSPS) is 12.6. The van der Waals surface area contributed by atoms with Crippen molar-refractivity contribution in [3.05, 3.63) is 35.9 Å². The average molecular weight is 258 g/mol. The summed E-state index contributed by atoms with van der Waals surface area (Å²) in [5.74, 6) is 3.07. The van der Waals surface area contributed by atoms with Gasteiger partial charge in [-0.1, -0.05) is 37.3 Å². The first-order valence-electron chi connectivity index (χ1n) is 5.80. The molecule has 0 saturated carbocycles. The Morgan fingerprint density at radius 1 is 1.31 bits per heavy atom. The largest absolute Gasteiger partial charge is 0.309 e. The summed E-state index contributed by atoms with van der Waals surface area (Å²) in [6.45, 7) is 3.24. The molecule has 3 heteroatoms. The minimum Gasteiger partial charge on any atom is -0.309 e. The van der Waals surface area contributed by atoms with E-state index in [1.54, 1.807) is 0 Å². The second kappa shape index (κ2) is 8.91.